The van der Waals surface area contributed by atoms with Gasteiger partial charge in [0.05, 0.1) is 0 Å². The Labute approximate surface area is 275 Å². The van der Waals surface area contributed by atoms with Gasteiger partial charge in [-0.1, -0.05) is 0 Å². The van der Waals surface area contributed by atoms with E-state index in [0.717, 1.165) is 24.6 Å². The number of benzene rings is 1. The van der Waals surface area contributed by atoms with E-state index in [1.165, 1.54) is 6.92 Å². The number of hydrogen-bond donors (Lipinski definition) is 2. The van der Waals surface area contributed by atoms with Gasteiger partial charge >= 0.3 is 276 Å². The number of aliphatic hydroxyl groups excluding tert-OH is 2. The normalized spacial score (nSPS) is 38.8. The zero-order chi connectivity index (χ0) is 34.0. The molecular weight excluding hydrogens is 600 g/mol. The molecular formula is C37H55O8Si-. The average Bonchev–Trinajstić information content (AvgIpc) is 3.01. The summed E-state index contributed by atoms with van der Waals surface area (Å²) in [6.45, 7) is 17.5. The SMILES string of the molecule is CC[SiH-](CC)(CC)O[C@H]1C[C@H]2CC[C@@]2(OC(C)=O)C2[C@H](OC(=O)c3ccccc3)[C@]3(C)C[C@H](O)C(C)=C([C@@H](O)C(=O)[C@@]21C)C3(C)C. The Morgan fingerprint density at radius 2 is 1.61 bits per heavy atom. The van der Waals surface area contributed by atoms with Gasteiger partial charge in [-0.2, -0.15) is 0 Å². The Bertz CT molecular complexity index is 1390. The van der Waals surface area contributed by atoms with Gasteiger partial charge in [0.1, 0.15) is 0 Å². The van der Waals surface area contributed by atoms with Crippen LogP contribution < -0.4 is 0 Å². The number of ether oxygens (including phenoxy) is 2. The topological polar surface area (TPSA) is 119 Å². The Morgan fingerprint density at radius 3 is 2.13 bits per heavy atom. The van der Waals surface area contributed by atoms with Crippen molar-refractivity contribution in [1.29, 1.82) is 0 Å². The van der Waals surface area contributed by atoms with E-state index in [9.17, 15) is 19.8 Å². The number of esters is 2. The molecule has 9 heteroatoms. The van der Waals surface area contributed by atoms with Gasteiger partial charge in [-0.25, -0.2) is 0 Å². The van der Waals surface area contributed by atoms with Gasteiger partial charge in [-0.05, 0) is 0 Å². The molecule has 1 aromatic rings. The van der Waals surface area contributed by atoms with Gasteiger partial charge in [0.25, 0.3) is 0 Å². The van der Waals surface area contributed by atoms with Crippen LogP contribution in [0.1, 0.15) is 98.4 Å². The van der Waals surface area contributed by atoms with Crippen LogP contribution in [-0.2, 0) is 23.5 Å². The Morgan fingerprint density at radius 1 is 1.00 bits per heavy atom. The Hall–Kier alpha value is -2.33. The summed E-state index contributed by atoms with van der Waals surface area (Å²) in [6, 6.07) is 11.5. The summed E-state index contributed by atoms with van der Waals surface area (Å²) in [5.41, 5.74) is -2.90. The molecule has 0 spiro atoms. The maximum atomic E-state index is 15.3. The molecule has 0 radical (unpaired) electrons. The van der Waals surface area contributed by atoms with Crippen LogP contribution in [0, 0.1) is 28.1 Å². The number of fused-ring (bicyclic) bond motifs is 5. The summed E-state index contributed by atoms with van der Waals surface area (Å²) in [5.74, 6) is -2.36. The van der Waals surface area contributed by atoms with Crippen LogP contribution in [0.5, 0.6) is 0 Å². The first kappa shape index (κ1) is 35.0. The Kier molecular flexibility index (Phi) is 9.10. The summed E-state index contributed by atoms with van der Waals surface area (Å²) in [7, 11) is -2.66. The van der Waals surface area contributed by atoms with Crippen molar-refractivity contribution in [3.05, 3.63) is 47.0 Å². The molecule has 4 aliphatic rings. The van der Waals surface area contributed by atoms with Crippen molar-refractivity contribution in [2.24, 2.45) is 28.1 Å². The molecule has 8 nitrogen and oxygen atoms in total. The van der Waals surface area contributed by atoms with Crippen molar-refractivity contribution < 1.29 is 38.5 Å². The van der Waals surface area contributed by atoms with Crippen LogP contribution >= 0.6 is 0 Å². The molecule has 3 saturated carbocycles. The van der Waals surface area contributed by atoms with Crippen LogP contribution in [0.4, 0.5) is 0 Å². The molecule has 256 valence electrons. The number of rotatable bonds is 8. The second-order valence-corrected chi connectivity index (χ2v) is 21.3. The van der Waals surface area contributed by atoms with Gasteiger partial charge < -0.3 is 0 Å². The quantitative estimate of drug-likeness (QED) is 0.195. The maximum absolute atomic E-state index is 15.3. The predicted octanol–water partition coefficient (Wildman–Crippen LogP) is 6.13. The van der Waals surface area contributed by atoms with Crippen LogP contribution in [0.3, 0.4) is 0 Å². The van der Waals surface area contributed by atoms with Crippen LogP contribution in [-0.4, -0.2) is 66.3 Å². The molecule has 9 atom stereocenters. The molecule has 1 aromatic carbocycles. The number of hydrogen-bond acceptors (Lipinski definition) is 8. The zero-order valence-electron chi connectivity index (χ0n) is 29.2. The fourth-order valence-electron chi connectivity index (χ4n) is 10.2. The molecule has 0 saturated heterocycles. The van der Waals surface area contributed by atoms with Crippen LogP contribution in [0.2, 0.25) is 18.1 Å². The number of carbonyl (C=O) groups is 3. The van der Waals surface area contributed by atoms with E-state index in [0.29, 0.717) is 29.6 Å². The summed E-state index contributed by atoms with van der Waals surface area (Å²) in [6.07, 6.45) is -1.96. The monoisotopic (exact) mass is 655 g/mol. The molecule has 0 aliphatic heterocycles. The molecule has 0 amide bonds. The minimum atomic E-state index is -2.66. The molecule has 1 unspecified atom stereocenters. The van der Waals surface area contributed by atoms with E-state index in [1.54, 1.807) is 31.2 Å². The summed E-state index contributed by atoms with van der Waals surface area (Å²) >= 11 is 0. The predicted molar refractivity (Wildman–Crippen MR) is 179 cm³/mol. The third-order valence-electron chi connectivity index (χ3n) is 13.8. The summed E-state index contributed by atoms with van der Waals surface area (Å²) in [4.78, 5) is 42.3. The van der Waals surface area contributed by atoms with Gasteiger partial charge in [-0.3, -0.25) is 0 Å². The second kappa shape index (κ2) is 12.0. The van der Waals surface area contributed by atoms with Gasteiger partial charge in [-0.15, -0.1) is 0 Å². The van der Waals surface area contributed by atoms with Crippen LogP contribution in [0.25, 0.3) is 0 Å². The third-order valence-corrected chi connectivity index (χ3v) is 19.2. The number of ketones is 1. The van der Waals surface area contributed by atoms with E-state index < -0.39 is 78.2 Å². The molecule has 2 N–H and O–H groups in total. The average molecular weight is 656 g/mol. The molecule has 5 rings (SSSR count). The fraction of sp³-hybridized carbons (Fsp3) is 0.703. The zero-order valence-corrected chi connectivity index (χ0v) is 30.4. The molecule has 46 heavy (non-hydrogen) atoms. The van der Waals surface area contributed by atoms with Gasteiger partial charge in [0.2, 0.25) is 0 Å². The second-order valence-electron chi connectivity index (χ2n) is 15.8. The molecule has 3 fully saturated rings. The van der Waals surface area contributed by atoms with E-state index in [4.69, 9.17) is 13.9 Å². The van der Waals surface area contributed by atoms with E-state index >= 15 is 4.79 Å². The van der Waals surface area contributed by atoms with E-state index in [-0.39, 0.29) is 12.3 Å². The summed E-state index contributed by atoms with van der Waals surface area (Å²) in [5, 5.41) is 23.8. The van der Waals surface area contributed by atoms with Crippen molar-refractivity contribution in [2.45, 2.75) is 136 Å². The first-order chi connectivity index (χ1) is 21.5. The van der Waals surface area contributed by atoms with Crippen molar-refractivity contribution in [2.75, 3.05) is 0 Å². The van der Waals surface area contributed by atoms with Crippen molar-refractivity contribution in [3.63, 3.8) is 0 Å². The number of aliphatic hydroxyl groups is 2. The van der Waals surface area contributed by atoms with Gasteiger partial charge in [0.15, 0.2) is 0 Å². The van der Waals surface area contributed by atoms with Crippen LogP contribution in [0.15, 0.2) is 41.5 Å². The molecule has 0 aromatic heterocycles. The van der Waals surface area contributed by atoms with Crippen molar-refractivity contribution >= 4 is 26.0 Å². The number of carbonyl (C=O) groups excluding carboxylic acids is 3. The summed E-state index contributed by atoms with van der Waals surface area (Å²) < 4.78 is 20.4. The number of Topliss-reactive ketones (excluding diaryl/α,β-unsaturated/α-hetero) is 1. The van der Waals surface area contributed by atoms with E-state index in [2.05, 4.69) is 20.8 Å². The Balaban J connectivity index is 1.84. The molecule has 4 aliphatic carbocycles. The van der Waals surface area contributed by atoms with Crippen molar-refractivity contribution in [3.8, 4) is 0 Å². The fourth-order valence-corrected chi connectivity index (χ4v) is 13.6. The molecule has 0 heterocycles. The third kappa shape index (κ3) is 4.89. The van der Waals surface area contributed by atoms with E-state index in [1.807, 2.05) is 33.8 Å². The van der Waals surface area contributed by atoms with Gasteiger partial charge in [0, 0.05) is 0 Å². The standard InChI is InChI=1S/C37H55O8Si/c1-10-46(11-2,12-3)45-27-20-25-18-19-37(25,44-23(5)38)30-32(43-33(42)24-16-14-13-15-17-24)35(8)21-26(39)22(4)28(34(35,6)7)29(40)31(41)36(27,30)9/h13-17,25-27,29-30,32,39-40,46H,10-12,18-21H2,1-9H3/q-1/t25-,26+,27+,29-,30?,32+,35+,36-,37+/m1/s1. The van der Waals surface area contributed by atoms with Crippen molar-refractivity contribution in [1.82, 2.24) is 0 Å². The first-order valence-electron chi connectivity index (χ1n) is 17.4. The minimum absolute atomic E-state index is 0.110. The first-order valence-corrected chi connectivity index (χ1v) is 20.4. The molecule has 2 bridgehead atoms.